The van der Waals surface area contributed by atoms with Crippen molar-refractivity contribution in [1.29, 1.82) is 0 Å². The Hall–Kier alpha value is -3.67. The average Bonchev–Trinajstić information content (AvgIpc) is 2.69. The first-order valence-electron chi connectivity index (χ1n) is 8.80. The molecule has 0 aliphatic rings. The van der Waals surface area contributed by atoms with Crippen LogP contribution in [0.4, 0.5) is 17.2 Å². The molecule has 142 valence electrons. The van der Waals surface area contributed by atoms with E-state index in [1.165, 1.54) is 7.11 Å². The number of anilines is 3. The molecule has 2 aromatic carbocycles. The fourth-order valence-corrected chi connectivity index (χ4v) is 2.71. The number of methoxy groups -OCH3 is 1. The average molecular weight is 375 g/mol. The van der Waals surface area contributed by atoms with Crippen LogP contribution >= 0.6 is 0 Å². The van der Waals surface area contributed by atoms with Crippen molar-refractivity contribution in [1.82, 2.24) is 4.98 Å². The number of ether oxygens (including phenoxy) is 1. The molecule has 2 N–H and O–H groups in total. The van der Waals surface area contributed by atoms with Gasteiger partial charge in [-0.15, -0.1) is 0 Å². The third-order valence-electron chi connectivity index (χ3n) is 4.07. The lowest BCUT2D eigenvalue weighted by molar-refractivity contribution is -0.115. The molecule has 0 spiro atoms. The summed E-state index contributed by atoms with van der Waals surface area (Å²) in [6.45, 7) is 2.00. The van der Waals surface area contributed by atoms with E-state index in [0.29, 0.717) is 23.5 Å². The SMILES string of the molecule is COC(=O)c1ccc(Nc2ccc(NC(=O)Cc3cccc(C)c3)cn2)cc1. The number of benzene rings is 2. The molecule has 0 aliphatic heterocycles. The summed E-state index contributed by atoms with van der Waals surface area (Å²) in [6, 6.07) is 18.3. The Labute approximate surface area is 163 Å². The van der Waals surface area contributed by atoms with Crippen LogP contribution in [0.15, 0.2) is 66.9 Å². The first-order valence-corrected chi connectivity index (χ1v) is 8.80. The second-order valence-electron chi connectivity index (χ2n) is 6.34. The number of nitrogens with one attached hydrogen (secondary N) is 2. The second-order valence-corrected chi connectivity index (χ2v) is 6.34. The fraction of sp³-hybridized carbons (Fsp3) is 0.136. The summed E-state index contributed by atoms with van der Waals surface area (Å²) in [6.07, 6.45) is 1.91. The van der Waals surface area contributed by atoms with Crippen LogP contribution in [0.1, 0.15) is 21.5 Å². The van der Waals surface area contributed by atoms with E-state index in [1.54, 1.807) is 42.6 Å². The van der Waals surface area contributed by atoms with Crippen molar-refractivity contribution in [3.63, 3.8) is 0 Å². The van der Waals surface area contributed by atoms with E-state index in [2.05, 4.69) is 20.4 Å². The van der Waals surface area contributed by atoms with Gasteiger partial charge in [-0.05, 0) is 48.9 Å². The minimum Gasteiger partial charge on any atom is -0.465 e. The lowest BCUT2D eigenvalue weighted by atomic mass is 10.1. The molecule has 6 nitrogen and oxygen atoms in total. The van der Waals surface area contributed by atoms with Crippen molar-refractivity contribution in [2.45, 2.75) is 13.3 Å². The van der Waals surface area contributed by atoms with Gasteiger partial charge >= 0.3 is 5.97 Å². The van der Waals surface area contributed by atoms with Gasteiger partial charge in [-0.1, -0.05) is 29.8 Å². The molecule has 0 radical (unpaired) electrons. The smallest absolute Gasteiger partial charge is 0.337 e. The van der Waals surface area contributed by atoms with E-state index in [9.17, 15) is 9.59 Å². The Morgan fingerprint density at radius 2 is 1.75 bits per heavy atom. The highest BCUT2D eigenvalue weighted by Crippen LogP contribution is 2.17. The van der Waals surface area contributed by atoms with Crippen molar-refractivity contribution < 1.29 is 14.3 Å². The highest BCUT2D eigenvalue weighted by molar-refractivity contribution is 5.92. The number of esters is 1. The van der Waals surface area contributed by atoms with Crippen LogP contribution in [0.3, 0.4) is 0 Å². The highest BCUT2D eigenvalue weighted by atomic mass is 16.5. The zero-order valence-electron chi connectivity index (χ0n) is 15.7. The van der Waals surface area contributed by atoms with Crippen LogP contribution < -0.4 is 10.6 Å². The summed E-state index contributed by atoms with van der Waals surface area (Å²) in [4.78, 5) is 27.9. The predicted octanol–water partition coefficient (Wildman–Crippen LogP) is 4.10. The Morgan fingerprint density at radius 1 is 1.00 bits per heavy atom. The van der Waals surface area contributed by atoms with Crippen molar-refractivity contribution in [2.24, 2.45) is 0 Å². The normalized spacial score (nSPS) is 10.2. The minimum atomic E-state index is -0.379. The number of hydrogen-bond acceptors (Lipinski definition) is 5. The molecule has 0 atom stereocenters. The van der Waals surface area contributed by atoms with E-state index in [4.69, 9.17) is 0 Å². The molecule has 1 aromatic heterocycles. The summed E-state index contributed by atoms with van der Waals surface area (Å²) in [7, 11) is 1.35. The number of aryl methyl sites for hydroxylation is 1. The Morgan fingerprint density at radius 3 is 2.39 bits per heavy atom. The molecule has 6 heteroatoms. The summed E-state index contributed by atoms with van der Waals surface area (Å²) in [5.74, 6) is 0.157. The molecule has 3 rings (SSSR count). The van der Waals surface area contributed by atoms with Crippen molar-refractivity contribution >= 4 is 29.1 Å². The van der Waals surface area contributed by atoms with Crippen LogP contribution in [0.25, 0.3) is 0 Å². The first kappa shape index (κ1) is 19.1. The quantitative estimate of drug-likeness (QED) is 0.634. The van der Waals surface area contributed by atoms with Gasteiger partial charge < -0.3 is 15.4 Å². The molecule has 0 saturated heterocycles. The standard InChI is InChI=1S/C22H21N3O3/c1-15-4-3-5-16(12-15)13-21(26)25-19-10-11-20(23-14-19)24-18-8-6-17(7-9-18)22(27)28-2/h3-12,14H,13H2,1-2H3,(H,23,24)(H,25,26). The van der Waals surface area contributed by atoms with E-state index in [1.807, 2.05) is 31.2 Å². The van der Waals surface area contributed by atoms with Gasteiger partial charge in [0, 0.05) is 5.69 Å². The van der Waals surface area contributed by atoms with Gasteiger partial charge in [-0.3, -0.25) is 4.79 Å². The number of pyridine rings is 1. The number of carbonyl (C=O) groups excluding carboxylic acids is 2. The molecule has 28 heavy (non-hydrogen) atoms. The maximum absolute atomic E-state index is 12.2. The van der Waals surface area contributed by atoms with Gasteiger partial charge in [-0.25, -0.2) is 9.78 Å². The summed E-state index contributed by atoms with van der Waals surface area (Å²) >= 11 is 0. The zero-order valence-corrected chi connectivity index (χ0v) is 15.7. The molecule has 0 saturated carbocycles. The number of hydrogen-bond donors (Lipinski definition) is 2. The highest BCUT2D eigenvalue weighted by Gasteiger charge is 2.06. The van der Waals surface area contributed by atoms with Crippen molar-refractivity contribution in [3.8, 4) is 0 Å². The summed E-state index contributed by atoms with van der Waals surface area (Å²) in [5, 5.41) is 5.99. The molecule has 0 unspecified atom stereocenters. The third-order valence-corrected chi connectivity index (χ3v) is 4.07. The van der Waals surface area contributed by atoms with Gasteiger partial charge in [0.2, 0.25) is 5.91 Å². The largest absolute Gasteiger partial charge is 0.465 e. The molecule has 3 aromatic rings. The van der Waals surface area contributed by atoms with Crippen molar-refractivity contribution in [3.05, 3.63) is 83.6 Å². The van der Waals surface area contributed by atoms with Crippen molar-refractivity contribution in [2.75, 3.05) is 17.7 Å². The number of aromatic nitrogens is 1. The minimum absolute atomic E-state index is 0.0912. The predicted molar refractivity (Wildman–Crippen MR) is 109 cm³/mol. The summed E-state index contributed by atoms with van der Waals surface area (Å²) < 4.78 is 4.68. The molecular formula is C22H21N3O3. The van der Waals surface area contributed by atoms with E-state index in [0.717, 1.165) is 16.8 Å². The van der Waals surface area contributed by atoms with Crippen LogP contribution in [0, 0.1) is 6.92 Å². The van der Waals surface area contributed by atoms with Gasteiger partial charge in [0.25, 0.3) is 0 Å². The Bertz CT molecular complexity index is 967. The Balaban J connectivity index is 1.57. The van der Waals surface area contributed by atoms with E-state index >= 15 is 0 Å². The monoisotopic (exact) mass is 375 g/mol. The van der Waals surface area contributed by atoms with Crippen LogP contribution in [-0.4, -0.2) is 24.0 Å². The molecular weight excluding hydrogens is 354 g/mol. The Kier molecular flexibility index (Phi) is 6.01. The van der Waals surface area contributed by atoms with Gasteiger partial charge in [0.15, 0.2) is 0 Å². The van der Waals surface area contributed by atoms with E-state index < -0.39 is 0 Å². The maximum Gasteiger partial charge on any atom is 0.337 e. The van der Waals surface area contributed by atoms with Crippen LogP contribution in [0.2, 0.25) is 0 Å². The fourth-order valence-electron chi connectivity index (χ4n) is 2.71. The van der Waals surface area contributed by atoms with Gasteiger partial charge in [0.05, 0.1) is 31.0 Å². The molecule has 1 amide bonds. The topological polar surface area (TPSA) is 80.3 Å². The van der Waals surface area contributed by atoms with E-state index in [-0.39, 0.29) is 11.9 Å². The number of rotatable bonds is 6. The van der Waals surface area contributed by atoms with Crippen LogP contribution in [0.5, 0.6) is 0 Å². The second kappa shape index (κ2) is 8.81. The summed E-state index contributed by atoms with van der Waals surface area (Å²) in [5.41, 5.74) is 3.99. The van der Waals surface area contributed by atoms with Gasteiger partial charge in [0.1, 0.15) is 5.82 Å². The molecule has 0 bridgehead atoms. The third kappa shape index (κ3) is 5.17. The van der Waals surface area contributed by atoms with Crippen LogP contribution in [-0.2, 0) is 16.0 Å². The maximum atomic E-state index is 12.2. The molecule has 0 aliphatic carbocycles. The molecule has 0 fully saturated rings. The lowest BCUT2D eigenvalue weighted by Gasteiger charge is -2.09. The molecule has 1 heterocycles. The lowest BCUT2D eigenvalue weighted by Crippen LogP contribution is -2.14. The number of carbonyl (C=O) groups is 2. The first-order chi connectivity index (χ1) is 13.5. The number of nitrogens with zero attached hydrogens (tertiary/aromatic N) is 1. The zero-order chi connectivity index (χ0) is 19.9. The van der Waals surface area contributed by atoms with Gasteiger partial charge in [-0.2, -0.15) is 0 Å². The number of amides is 1.